The molecule has 96 valence electrons. The van der Waals surface area contributed by atoms with E-state index in [0.29, 0.717) is 6.04 Å². The van der Waals surface area contributed by atoms with Crippen LogP contribution < -0.4 is 5.32 Å². The van der Waals surface area contributed by atoms with Gasteiger partial charge in [0, 0.05) is 12.5 Å². The summed E-state index contributed by atoms with van der Waals surface area (Å²) in [5.41, 5.74) is 0. The minimum atomic E-state index is 0.594. The molecule has 1 aliphatic carbocycles. The molecule has 3 unspecified atom stereocenters. The Balaban J connectivity index is 1.59. The van der Waals surface area contributed by atoms with E-state index in [1.165, 1.54) is 25.8 Å². The summed E-state index contributed by atoms with van der Waals surface area (Å²) in [6.07, 6.45) is 8.22. The summed E-state index contributed by atoms with van der Waals surface area (Å²) in [6, 6.07) is 4.62. The topological polar surface area (TPSA) is 25.2 Å². The van der Waals surface area contributed by atoms with Crippen LogP contribution in [0.4, 0.5) is 0 Å². The molecular formula is C15H25NO. The highest BCUT2D eigenvalue weighted by molar-refractivity contribution is 4.98. The Kier molecular flexibility index (Phi) is 4.66. The van der Waals surface area contributed by atoms with Gasteiger partial charge in [-0.15, -0.1) is 0 Å². The summed E-state index contributed by atoms with van der Waals surface area (Å²) in [6.45, 7) is 5.85. The Morgan fingerprint density at radius 3 is 3.00 bits per heavy atom. The van der Waals surface area contributed by atoms with E-state index in [-0.39, 0.29) is 0 Å². The fourth-order valence-corrected chi connectivity index (χ4v) is 2.79. The number of rotatable bonds is 6. The highest BCUT2D eigenvalue weighted by atomic mass is 16.3. The van der Waals surface area contributed by atoms with Gasteiger partial charge >= 0.3 is 0 Å². The van der Waals surface area contributed by atoms with Crippen molar-refractivity contribution in [1.29, 1.82) is 0 Å². The first-order chi connectivity index (χ1) is 8.24. The third-order valence-electron chi connectivity index (χ3n) is 3.96. The van der Waals surface area contributed by atoms with Gasteiger partial charge in [0.15, 0.2) is 0 Å². The van der Waals surface area contributed by atoms with E-state index in [4.69, 9.17) is 4.42 Å². The lowest BCUT2D eigenvalue weighted by Gasteiger charge is -2.16. The first kappa shape index (κ1) is 12.7. The molecule has 0 amide bonds. The molecule has 1 aromatic heterocycles. The molecule has 0 radical (unpaired) electrons. The Morgan fingerprint density at radius 2 is 2.35 bits per heavy atom. The fraction of sp³-hybridized carbons (Fsp3) is 0.733. The van der Waals surface area contributed by atoms with Crippen molar-refractivity contribution in [3.05, 3.63) is 24.2 Å². The maximum absolute atomic E-state index is 5.35. The minimum Gasteiger partial charge on any atom is -0.469 e. The zero-order valence-electron chi connectivity index (χ0n) is 11.1. The first-order valence-corrected chi connectivity index (χ1v) is 7.00. The molecule has 1 N–H and O–H groups in total. The Hall–Kier alpha value is -0.760. The van der Waals surface area contributed by atoms with E-state index < -0.39 is 0 Å². The van der Waals surface area contributed by atoms with Crippen molar-refractivity contribution in [1.82, 2.24) is 5.32 Å². The van der Waals surface area contributed by atoms with E-state index in [1.807, 2.05) is 6.07 Å². The molecule has 17 heavy (non-hydrogen) atoms. The first-order valence-electron chi connectivity index (χ1n) is 7.00. The van der Waals surface area contributed by atoms with Crippen LogP contribution in [0, 0.1) is 11.8 Å². The number of hydrogen-bond acceptors (Lipinski definition) is 2. The zero-order valence-corrected chi connectivity index (χ0v) is 11.1. The summed E-state index contributed by atoms with van der Waals surface area (Å²) >= 11 is 0. The van der Waals surface area contributed by atoms with E-state index in [2.05, 4.69) is 25.2 Å². The van der Waals surface area contributed by atoms with Crippen LogP contribution in [-0.4, -0.2) is 12.6 Å². The van der Waals surface area contributed by atoms with E-state index in [1.54, 1.807) is 6.26 Å². The lowest BCUT2D eigenvalue weighted by molar-refractivity contribution is 0.411. The van der Waals surface area contributed by atoms with Crippen LogP contribution in [0.3, 0.4) is 0 Å². The van der Waals surface area contributed by atoms with Crippen LogP contribution in [0.25, 0.3) is 0 Å². The summed E-state index contributed by atoms with van der Waals surface area (Å²) in [7, 11) is 0. The normalized spacial score (nSPS) is 26.2. The molecule has 0 aromatic carbocycles. The average Bonchev–Trinajstić information content (AvgIpc) is 2.95. The van der Waals surface area contributed by atoms with Gasteiger partial charge in [0.05, 0.1) is 6.26 Å². The largest absolute Gasteiger partial charge is 0.469 e. The number of furan rings is 1. The van der Waals surface area contributed by atoms with Crippen LogP contribution in [0.5, 0.6) is 0 Å². The van der Waals surface area contributed by atoms with E-state index in [9.17, 15) is 0 Å². The predicted molar refractivity (Wildman–Crippen MR) is 71.0 cm³/mol. The van der Waals surface area contributed by atoms with Crippen molar-refractivity contribution >= 4 is 0 Å². The smallest absolute Gasteiger partial charge is 0.103 e. The highest BCUT2D eigenvalue weighted by Gasteiger charge is 2.21. The molecule has 1 aliphatic rings. The molecule has 0 aliphatic heterocycles. The van der Waals surface area contributed by atoms with Gasteiger partial charge in [-0.2, -0.15) is 0 Å². The van der Waals surface area contributed by atoms with Crippen LogP contribution >= 0.6 is 0 Å². The molecule has 1 fully saturated rings. The van der Waals surface area contributed by atoms with Crippen molar-refractivity contribution in [2.75, 3.05) is 6.54 Å². The van der Waals surface area contributed by atoms with Crippen LogP contribution in [0.15, 0.2) is 22.8 Å². The van der Waals surface area contributed by atoms with Gasteiger partial charge < -0.3 is 9.73 Å². The Labute approximate surface area is 105 Å². The second-order valence-corrected chi connectivity index (χ2v) is 5.71. The Morgan fingerprint density at radius 1 is 1.47 bits per heavy atom. The van der Waals surface area contributed by atoms with E-state index in [0.717, 1.165) is 30.4 Å². The second-order valence-electron chi connectivity index (χ2n) is 5.71. The number of nitrogens with one attached hydrogen (secondary N) is 1. The van der Waals surface area contributed by atoms with Gasteiger partial charge in [-0.05, 0) is 56.7 Å². The van der Waals surface area contributed by atoms with E-state index >= 15 is 0 Å². The summed E-state index contributed by atoms with van der Waals surface area (Å²) in [5, 5.41) is 3.67. The molecule has 1 heterocycles. The van der Waals surface area contributed by atoms with Crippen molar-refractivity contribution in [2.24, 2.45) is 11.8 Å². The highest BCUT2D eigenvalue weighted by Crippen LogP contribution is 2.29. The summed E-state index contributed by atoms with van der Waals surface area (Å²) in [5.74, 6) is 2.96. The van der Waals surface area contributed by atoms with Crippen molar-refractivity contribution in [2.45, 2.75) is 52.0 Å². The standard InChI is InChI=1S/C15H25NO/c1-12-5-7-14(10-12)11-16-13(2)6-8-15-4-3-9-17-15/h3-4,9,12-14,16H,5-8,10-11H2,1-2H3. The maximum atomic E-state index is 5.35. The van der Waals surface area contributed by atoms with Crippen LogP contribution in [-0.2, 0) is 6.42 Å². The van der Waals surface area contributed by atoms with Gasteiger partial charge in [0.1, 0.15) is 5.76 Å². The molecule has 0 bridgehead atoms. The molecular weight excluding hydrogens is 210 g/mol. The summed E-state index contributed by atoms with van der Waals surface area (Å²) < 4.78 is 5.35. The monoisotopic (exact) mass is 235 g/mol. The Bertz CT molecular complexity index is 307. The summed E-state index contributed by atoms with van der Waals surface area (Å²) in [4.78, 5) is 0. The molecule has 0 saturated heterocycles. The lowest BCUT2D eigenvalue weighted by Crippen LogP contribution is -2.30. The molecule has 2 rings (SSSR count). The second kappa shape index (κ2) is 6.25. The predicted octanol–water partition coefficient (Wildman–Crippen LogP) is 3.63. The van der Waals surface area contributed by atoms with Gasteiger partial charge in [-0.1, -0.05) is 13.3 Å². The minimum absolute atomic E-state index is 0.594. The molecule has 2 nitrogen and oxygen atoms in total. The number of hydrogen-bond donors (Lipinski definition) is 1. The molecule has 2 heteroatoms. The lowest BCUT2D eigenvalue weighted by atomic mass is 10.1. The van der Waals surface area contributed by atoms with Crippen molar-refractivity contribution < 1.29 is 4.42 Å². The van der Waals surface area contributed by atoms with Crippen molar-refractivity contribution in [3.63, 3.8) is 0 Å². The fourth-order valence-electron chi connectivity index (χ4n) is 2.79. The molecule has 1 aromatic rings. The van der Waals surface area contributed by atoms with Gasteiger partial charge in [0.25, 0.3) is 0 Å². The number of aryl methyl sites for hydroxylation is 1. The third-order valence-corrected chi connectivity index (χ3v) is 3.96. The molecule has 3 atom stereocenters. The molecule has 1 saturated carbocycles. The maximum Gasteiger partial charge on any atom is 0.103 e. The van der Waals surface area contributed by atoms with Crippen LogP contribution in [0.1, 0.15) is 45.3 Å². The average molecular weight is 235 g/mol. The molecule has 0 spiro atoms. The van der Waals surface area contributed by atoms with Gasteiger partial charge in [-0.3, -0.25) is 0 Å². The van der Waals surface area contributed by atoms with Gasteiger partial charge in [-0.25, -0.2) is 0 Å². The SMILES string of the molecule is CC1CCC(CNC(C)CCc2ccco2)C1. The zero-order chi connectivity index (χ0) is 12.1. The quantitative estimate of drug-likeness (QED) is 0.814. The van der Waals surface area contributed by atoms with Crippen molar-refractivity contribution in [3.8, 4) is 0 Å². The third kappa shape index (κ3) is 4.19. The van der Waals surface area contributed by atoms with Gasteiger partial charge in [0.2, 0.25) is 0 Å². The van der Waals surface area contributed by atoms with Crippen LogP contribution in [0.2, 0.25) is 0 Å².